The average Bonchev–Trinajstić information content (AvgIpc) is 3.35. The fourth-order valence-corrected chi connectivity index (χ4v) is 4.14. The van der Waals surface area contributed by atoms with E-state index in [0.29, 0.717) is 17.8 Å². The van der Waals surface area contributed by atoms with Crippen LogP contribution in [0.25, 0.3) is 0 Å². The summed E-state index contributed by atoms with van der Waals surface area (Å²) in [6, 6.07) is 11.1. The number of thiophene rings is 1. The van der Waals surface area contributed by atoms with Crippen molar-refractivity contribution in [2.45, 2.75) is 18.9 Å². The number of rotatable bonds is 6. The Morgan fingerprint density at radius 2 is 1.96 bits per heavy atom. The number of nitrogens with one attached hydrogen (secondary N) is 2. The number of amides is 3. The summed E-state index contributed by atoms with van der Waals surface area (Å²) < 4.78 is 0. The van der Waals surface area contributed by atoms with Crippen LogP contribution >= 0.6 is 11.3 Å². The molecule has 3 amide bonds. The summed E-state index contributed by atoms with van der Waals surface area (Å²) in [5.74, 6) is 0.0296. The molecular formula is C20H26N4O2S. The number of carbonyl (C=O) groups is 2. The maximum Gasteiger partial charge on any atom is 0.319 e. The van der Waals surface area contributed by atoms with E-state index in [-0.39, 0.29) is 18.0 Å². The Bertz CT molecular complexity index is 770. The number of hydrogen-bond donors (Lipinski definition) is 2. The largest absolute Gasteiger partial charge is 0.339 e. The molecule has 2 N–H and O–H groups in total. The van der Waals surface area contributed by atoms with Crippen LogP contribution in [0.2, 0.25) is 0 Å². The molecule has 1 aromatic carbocycles. The van der Waals surface area contributed by atoms with Gasteiger partial charge in [0.05, 0.1) is 6.04 Å². The van der Waals surface area contributed by atoms with Crippen LogP contribution in [-0.2, 0) is 0 Å². The normalized spacial score (nSPS) is 15.0. The fraction of sp³-hybridized carbons (Fsp3) is 0.400. The molecule has 0 spiro atoms. The number of benzene rings is 1. The molecule has 0 saturated carbocycles. The molecule has 7 heteroatoms. The minimum absolute atomic E-state index is 0.0296. The molecule has 0 bridgehead atoms. The van der Waals surface area contributed by atoms with Crippen LogP contribution in [0.15, 0.2) is 41.8 Å². The molecule has 0 radical (unpaired) electrons. The monoisotopic (exact) mass is 386 g/mol. The zero-order valence-corrected chi connectivity index (χ0v) is 16.6. The van der Waals surface area contributed by atoms with E-state index in [9.17, 15) is 9.59 Å². The molecule has 1 aliphatic heterocycles. The van der Waals surface area contributed by atoms with Crippen molar-refractivity contribution in [1.82, 2.24) is 15.1 Å². The molecule has 2 aromatic rings. The molecule has 1 saturated heterocycles. The maximum atomic E-state index is 12.5. The van der Waals surface area contributed by atoms with Crippen LogP contribution in [0.5, 0.6) is 0 Å². The minimum Gasteiger partial charge on any atom is -0.339 e. The van der Waals surface area contributed by atoms with Crippen LogP contribution in [0, 0.1) is 0 Å². The molecule has 1 aliphatic rings. The highest BCUT2D eigenvalue weighted by molar-refractivity contribution is 7.10. The Morgan fingerprint density at radius 3 is 2.63 bits per heavy atom. The summed E-state index contributed by atoms with van der Waals surface area (Å²) in [6.07, 6.45) is 2.12. The lowest BCUT2D eigenvalue weighted by Gasteiger charge is -2.23. The van der Waals surface area contributed by atoms with Gasteiger partial charge in [-0.25, -0.2) is 4.79 Å². The van der Waals surface area contributed by atoms with Gasteiger partial charge in [-0.15, -0.1) is 11.3 Å². The smallest absolute Gasteiger partial charge is 0.319 e. The van der Waals surface area contributed by atoms with E-state index in [0.717, 1.165) is 25.9 Å². The first kappa shape index (κ1) is 19.4. The molecule has 2 heterocycles. The molecule has 1 unspecified atom stereocenters. The van der Waals surface area contributed by atoms with Crippen molar-refractivity contribution in [2.75, 3.05) is 39.0 Å². The van der Waals surface area contributed by atoms with Crippen molar-refractivity contribution in [3.05, 3.63) is 52.2 Å². The van der Waals surface area contributed by atoms with E-state index < -0.39 is 0 Å². The van der Waals surface area contributed by atoms with Gasteiger partial charge in [-0.2, -0.15) is 0 Å². The van der Waals surface area contributed by atoms with Crippen LogP contribution in [0.4, 0.5) is 10.5 Å². The first-order valence-electron chi connectivity index (χ1n) is 9.18. The number of hydrogen-bond acceptors (Lipinski definition) is 4. The quantitative estimate of drug-likeness (QED) is 0.800. The van der Waals surface area contributed by atoms with Crippen molar-refractivity contribution in [3.63, 3.8) is 0 Å². The summed E-state index contributed by atoms with van der Waals surface area (Å²) >= 11 is 1.68. The number of urea groups is 1. The lowest BCUT2D eigenvalue weighted by Crippen LogP contribution is -2.36. The summed E-state index contributed by atoms with van der Waals surface area (Å²) in [4.78, 5) is 30.0. The first-order valence-corrected chi connectivity index (χ1v) is 10.1. The van der Waals surface area contributed by atoms with Gasteiger partial charge in [0.1, 0.15) is 0 Å². The molecule has 6 nitrogen and oxygen atoms in total. The topological polar surface area (TPSA) is 64.7 Å². The first-order chi connectivity index (χ1) is 13.0. The Balaban J connectivity index is 1.57. The Hall–Kier alpha value is -2.38. The molecule has 27 heavy (non-hydrogen) atoms. The highest BCUT2D eigenvalue weighted by Gasteiger charge is 2.20. The number of likely N-dealkylation sites (N-methyl/N-ethyl adjacent to an activating group) is 1. The zero-order chi connectivity index (χ0) is 19.2. The molecule has 3 rings (SSSR count). The standard InChI is InChI=1S/C20H26N4O2S/c1-23(2)17(18-9-6-12-27-18)14-21-20(26)22-16-8-5-7-15(13-16)19(25)24-10-3-4-11-24/h5-9,12-13,17H,3-4,10-11,14H2,1-2H3,(H2,21,22,26). The second kappa shape index (κ2) is 9.01. The van der Waals surface area contributed by atoms with Gasteiger partial charge in [-0.05, 0) is 56.6 Å². The third-order valence-electron chi connectivity index (χ3n) is 4.71. The van der Waals surface area contributed by atoms with Gasteiger partial charge < -0.3 is 20.4 Å². The third kappa shape index (κ3) is 5.08. The van der Waals surface area contributed by atoms with Crippen molar-refractivity contribution < 1.29 is 9.59 Å². The number of carbonyl (C=O) groups excluding carboxylic acids is 2. The Kier molecular flexibility index (Phi) is 6.47. The third-order valence-corrected chi connectivity index (χ3v) is 5.69. The van der Waals surface area contributed by atoms with Gasteiger partial charge in [0.15, 0.2) is 0 Å². The van der Waals surface area contributed by atoms with Gasteiger partial charge in [-0.1, -0.05) is 12.1 Å². The van der Waals surface area contributed by atoms with Gasteiger partial charge in [0.25, 0.3) is 5.91 Å². The Labute approximate surface area is 164 Å². The van der Waals surface area contributed by atoms with E-state index in [4.69, 9.17) is 0 Å². The SMILES string of the molecule is CN(C)C(CNC(=O)Nc1cccc(C(=O)N2CCCC2)c1)c1cccs1. The van der Waals surface area contributed by atoms with Crippen LogP contribution in [-0.4, -0.2) is 55.5 Å². The van der Waals surface area contributed by atoms with Crippen molar-refractivity contribution in [2.24, 2.45) is 0 Å². The summed E-state index contributed by atoms with van der Waals surface area (Å²) in [5, 5.41) is 7.79. The van der Waals surface area contributed by atoms with E-state index in [2.05, 4.69) is 21.6 Å². The Morgan fingerprint density at radius 1 is 1.19 bits per heavy atom. The molecule has 1 fully saturated rings. The predicted molar refractivity (Wildman–Crippen MR) is 109 cm³/mol. The van der Waals surface area contributed by atoms with Crippen molar-refractivity contribution in [1.29, 1.82) is 0 Å². The van der Waals surface area contributed by atoms with E-state index in [1.807, 2.05) is 30.4 Å². The lowest BCUT2D eigenvalue weighted by atomic mass is 10.2. The van der Waals surface area contributed by atoms with E-state index in [1.54, 1.807) is 35.6 Å². The van der Waals surface area contributed by atoms with Gasteiger partial charge in [-0.3, -0.25) is 4.79 Å². The molecule has 144 valence electrons. The lowest BCUT2D eigenvalue weighted by molar-refractivity contribution is 0.0793. The highest BCUT2D eigenvalue weighted by Crippen LogP contribution is 2.22. The van der Waals surface area contributed by atoms with Gasteiger partial charge in [0, 0.05) is 35.8 Å². The maximum absolute atomic E-state index is 12.5. The molecule has 1 aromatic heterocycles. The highest BCUT2D eigenvalue weighted by atomic mass is 32.1. The molecule has 1 atom stereocenters. The zero-order valence-electron chi connectivity index (χ0n) is 15.8. The summed E-state index contributed by atoms with van der Waals surface area (Å²) in [6.45, 7) is 2.13. The fourth-order valence-electron chi connectivity index (χ4n) is 3.22. The van der Waals surface area contributed by atoms with Gasteiger partial charge >= 0.3 is 6.03 Å². The number of nitrogens with zero attached hydrogens (tertiary/aromatic N) is 2. The molecular weight excluding hydrogens is 360 g/mol. The second-order valence-electron chi connectivity index (χ2n) is 6.91. The molecule has 0 aliphatic carbocycles. The predicted octanol–water partition coefficient (Wildman–Crippen LogP) is 3.41. The van der Waals surface area contributed by atoms with Crippen molar-refractivity contribution in [3.8, 4) is 0 Å². The second-order valence-corrected chi connectivity index (χ2v) is 7.89. The van der Waals surface area contributed by atoms with Crippen LogP contribution < -0.4 is 10.6 Å². The van der Waals surface area contributed by atoms with Crippen molar-refractivity contribution >= 4 is 29.0 Å². The number of anilines is 1. The number of likely N-dealkylation sites (tertiary alicyclic amines) is 1. The minimum atomic E-state index is -0.274. The van der Waals surface area contributed by atoms with Crippen LogP contribution in [0.1, 0.15) is 34.1 Å². The summed E-state index contributed by atoms with van der Waals surface area (Å²) in [5.41, 5.74) is 1.23. The average molecular weight is 387 g/mol. The van der Waals surface area contributed by atoms with Gasteiger partial charge in [0.2, 0.25) is 0 Å². The van der Waals surface area contributed by atoms with E-state index in [1.165, 1.54) is 4.88 Å². The van der Waals surface area contributed by atoms with Crippen LogP contribution in [0.3, 0.4) is 0 Å². The van der Waals surface area contributed by atoms with E-state index >= 15 is 0 Å². The summed E-state index contributed by atoms with van der Waals surface area (Å²) in [7, 11) is 3.99.